The van der Waals surface area contributed by atoms with E-state index in [1.54, 1.807) is 43.3 Å². The first-order valence-electron chi connectivity index (χ1n) is 13.0. The topological polar surface area (TPSA) is 86.8 Å². The smallest absolute Gasteiger partial charge is 0.264 e. The van der Waals surface area contributed by atoms with E-state index in [1.807, 2.05) is 50.2 Å². The fourth-order valence-electron chi connectivity index (χ4n) is 4.14. The fourth-order valence-corrected chi connectivity index (χ4v) is 5.56. The van der Waals surface area contributed by atoms with Crippen LogP contribution in [0.4, 0.5) is 5.69 Å². The highest BCUT2D eigenvalue weighted by Crippen LogP contribution is 2.25. The van der Waals surface area contributed by atoms with Crippen LogP contribution in [0.2, 0.25) is 0 Å². The maximum absolute atomic E-state index is 13.8. The first kappa shape index (κ1) is 28.9. The minimum atomic E-state index is -4.04. The number of benzene rings is 3. The zero-order valence-corrected chi connectivity index (χ0v) is 23.2. The number of amides is 2. The molecule has 0 bridgehead atoms. The van der Waals surface area contributed by atoms with Crippen LogP contribution in [0, 0.1) is 6.92 Å². The summed E-state index contributed by atoms with van der Waals surface area (Å²) >= 11 is 0. The first-order valence-corrected chi connectivity index (χ1v) is 14.4. The van der Waals surface area contributed by atoms with Crippen molar-refractivity contribution in [2.45, 2.75) is 51.0 Å². The fraction of sp³-hybridized carbons (Fsp3) is 0.333. The maximum Gasteiger partial charge on any atom is 0.264 e. The van der Waals surface area contributed by atoms with E-state index in [0.717, 1.165) is 28.3 Å². The number of hydrogen-bond acceptors (Lipinski definition) is 4. The van der Waals surface area contributed by atoms with Crippen molar-refractivity contribution in [3.8, 4) is 0 Å². The Kier molecular flexibility index (Phi) is 10.5. The summed E-state index contributed by atoms with van der Waals surface area (Å²) in [7, 11) is -4.04. The van der Waals surface area contributed by atoms with Crippen molar-refractivity contribution in [2.24, 2.45) is 0 Å². The van der Waals surface area contributed by atoms with Gasteiger partial charge in [-0.2, -0.15) is 0 Å². The Morgan fingerprint density at radius 2 is 1.58 bits per heavy atom. The Morgan fingerprint density at radius 1 is 0.921 bits per heavy atom. The lowest BCUT2D eigenvalue weighted by atomic mass is 10.1. The van der Waals surface area contributed by atoms with Crippen LogP contribution in [0.5, 0.6) is 0 Å². The quantitative estimate of drug-likeness (QED) is 0.325. The summed E-state index contributed by atoms with van der Waals surface area (Å²) in [4.78, 5) is 28.4. The number of carbonyl (C=O) groups excluding carboxylic acids is 2. The largest absolute Gasteiger partial charge is 0.354 e. The second-order valence-electron chi connectivity index (χ2n) is 9.31. The molecule has 3 aromatic carbocycles. The van der Waals surface area contributed by atoms with Crippen LogP contribution in [0.15, 0.2) is 89.8 Å². The molecule has 0 spiro atoms. The van der Waals surface area contributed by atoms with Gasteiger partial charge in [0.25, 0.3) is 10.0 Å². The van der Waals surface area contributed by atoms with Crippen molar-refractivity contribution in [2.75, 3.05) is 23.9 Å². The molecule has 202 valence electrons. The summed E-state index contributed by atoms with van der Waals surface area (Å²) in [6, 6.07) is 24.1. The van der Waals surface area contributed by atoms with Gasteiger partial charge in [0.1, 0.15) is 12.6 Å². The van der Waals surface area contributed by atoms with Gasteiger partial charge in [0.2, 0.25) is 11.8 Å². The lowest BCUT2D eigenvalue weighted by Crippen LogP contribution is -2.52. The third-order valence-electron chi connectivity index (χ3n) is 6.38. The molecule has 0 radical (unpaired) electrons. The van der Waals surface area contributed by atoms with Gasteiger partial charge < -0.3 is 10.2 Å². The highest BCUT2D eigenvalue weighted by Gasteiger charge is 2.32. The van der Waals surface area contributed by atoms with Crippen molar-refractivity contribution >= 4 is 27.5 Å². The number of nitrogens with zero attached hydrogens (tertiary/aromatic N) is 2. The molecule has 0 fully saturated rings. The molecule has 0 saturated heterocycles. The first-order chi connectivity index (χ1) is 18.2. The second kappa shape index (κ2) is 13.8. The van der Waals surface area contributed by atoms with Crippen LogP contribution in [0.1, 0.15) is 37.8 Å². The highest BCUT2D eigenvalue weighted by atomic mass is 32.2. The number of unbranched alkanes of at least 4 members (excludes halogenated alkanes) is 1. The molecular weight excluding hydrogens is 498 g/mol. The monoisotopic (exact) mass is 535 g/mol. The molecule has 0 saturated carbocycles. The molecule has 0 aliphatic heterocycles. The molecule has 7 nitrogen and oxygen atoms in total. The predicted molar refractivity (Wildman–Crippen MR) is 151 cm³/mol. The number of anilines is 1. The van der Waals surface area contributed by atoms with E-state index in [-0.39, 0.29) is 17.3 Å². The normalized spacial score (nSPS) is 12.0. The Bertz CT molecular complexity index is 1300. The van der Waals surface area contributed by atoms with Crippen LogP contribution in [0.3, 0.4) is 0 Å². The van der Waals surface area contributed by atoms with Crippen LogP contribution in [0.25, 0.3) is 0 Å². The van der Waals surface area contributed by atoms with E-state index in [4.69, 9.17) is 0 Å². The molecule has 0 aromatic heterocycles. The summed E-state index contributed by atoms with van der Waals surface area (Å²) in [5, 5.41) is 2.90. The van der Waals surface area contributed by atoms with Crippen molar-refractivity contribution in [1.29, 1.82) is 0 Å². The van der Waals surface area contributed by atoms with Crippen molar-refractivity contribution in [3.05, 3.63) is 96.1 Å². The lowest BCUT2D eigenvalue weighted by molar-refractivity contribution is -0.138. The molecule has 1 atom stereocenters. The standard InChI is InChI=1S/C30H37N3O4S/c1-4-5-20-31-30(35)25(3)32(21-19-26-14-8-6-9-15-26)29(34)23-33(27-16-12-13-24(2)22-27)38(36,37)28-17-10-7-11-18-28/h6-18,22,25H,4-5,19-21,23H2,1-3H3,(H,31,35). The zero-order valence-electron chi connectivity index (χ0n) is 22.3. The van der Waals surface area contributed by atoms with Crippen LogP contribution in [-0.2, 0) is 26.0 Å². The average Bonchev–Trinajstić information content (AvgIpc) is 2.92. The van der Waals surface area contributed by atoms with Gasteiger partial charge in [-0.25, -0.2) is 8.42 Å². The molecule has 8 heteroatoms. The number of nitrogens with one attached hydrogen (secondary N) is 1. The Morgan fingerprint density at radius 3 is 2.21 bits per heavy atom. The summed E-state index contributed by atoms with van der Waals surface area (Å²) in [6.45, 7) is 5.97. The van der Waals surface area contributed by atoms with Gasteiger partial charge in [-0.3, -0.25) is 13.9 Å². The maximum atomic E-state index is 13.8. The zero-order chi connectivity index (χ0) is 27.5. The summed E-state index contributed by atoms with van der Waals surface area (Å²) in [5.41, 5.74) is 2.29. The number of aryl methyl sites for hydroxylation is 1. The van der Waals surface area contributed by atoms with Crippen molar-refractivity contribution in [3.63, 3.8) is 0 Å². The van der Waals surface area contributed by atoms with Gasteiger partial charge in [-0.05, 0) is 62.1 Å². The van der Waals surface area contributed by atoms with Gasteiger partial charge in [0, 0.05) is 13.1 Å². The highest BCUT2D eigenvalue weighted by molar-refractivity contribution is 7.92. The molecule has 3 rings (SSSR count). The minimum Gasteiger partial charge on any atom is -0.354 e. The predicted octanol–water partition coefficient (Wildman–Crippen LogP) is 4.57. The van der Waals surface area contributed by atoms with Gasteiger partial charge >= 0.3 is 0 Å². The van der Waals surface area contributed by atoms with Crippen LogP contribution >= 0.6 is 0 Å². The SMILES string of the molecule is CCCCNC(=O)C(C)N(CCc1ccccc1)C(=O)CN(c1cccc(C)c1)S(=O)(=O)c1ccccc1. The summed E-state index contributed by atoms with van der Waals surface area (Å²) in [5.74, 6) is -0.701. The molecular formula is C30H37N3O4S. The number of carbonyl (C=O) groups is 2. The summed E-state index contributed by atoms with van der Waals surface area (Å²) < 4.78 is 28.6. The van der Waals surface area contributed by atoms with Gasteiger partial charge in [0.15, 0.2) is 0 Å². The van der Waals surface area contributed by atoms with Gasteiger partial charge in [-0.15, -0.1) is 0 Å². The molecule has 3 aromatic rings. The van der Waals surface area contributed by atoms with E-state index in [2.05, 4.69) is 5.32 Å². The number of hydrogen-bond donors (Lipinski definition) is 1. The number of sulfonamides is 1. The van der Waals surface area contributed by atoms with E-state index in [9.17, 15) is 18.0 Å². The second-order valence-corrected chi connectivity index (χ2v) is 11.2. The van der Waals surface area contributed by atoms with Crippen LogP contribution < -0.4 is 9.62 Å². The van der Waals surface area contributed by atoms with Gasteiger partial charge in [-0.1, -0.05) is 74.0 Å². The molecule has 0 aliphatic rings. The van der Waals surface area contributed by atoms with E-state index in [1.165, 1.54) is 17.0 Å². The number of rotatable bonds is 13. The van der Waals surface area contributed by atoms with E-state index in [0.29, 0.717) is 18.7 Å². The Balaban J connectivity index is 1.93. The molecule has 2 amide bonds. The van der Waals surface area contributed by atoms with Crippen molar-refractivity contribution < 1.29 is 18.0 Å². The molecule has 1 unspecified atom stereocenters. The van der Waals surface area contributed by atoms with Crippen LogP contribution in [-0.4, -0.2) is 50.8 Å². The summed E-state index contributed by atoms with van der Waals surface area (Å²) in [6.07, 6.45) is 2.32. The third-order valence-corrected chi connectivity index (χ3v) is 8.17. The van der Waals surface area contributed by atoms with E-state index >= 15 is 0 Å². The molecule has 1 N–H and O–H groups in total. The molecule has 0 heterocycles. The molecule has 0 aliphatic carbocycles. The lowest BCUT2D eigenvalue weighted by Gasteiger charge is -2.32. The minimum absolute atomic E-state index is 0.0931. The average molecular weight is 536 g/mol. The Labute approximate surface area is 226 Å². The van der Waals surface area contributed by atoms with Crippen molar-refractivity contribution in [1.82, 2.24) is 10.2 Å². The Hall–Kier alpha value is -3.65. The molecule has 38 heavy (non-hydrogen) atoms. The third kappa shape index (κ3) is 7.68. The van der Waals surface area contributed by atoms with E-state index < -0.39 is 28.5 Å². The van der Waals surface area contributed by atoms with Gasteiger partial charge in [0.05, 0.1) is 10.6 Å².